The Morgan fingerprint density at radius 1 is 1.12 bits per heavy atom. The second-order valence-corrected chi connectivity index (χ2v) is 4.33. The number of aromatic carboxylic acids is 1. The van der Waals surface area contributed by atoms with Crippen LogP contribution in [0, 0.1) is 0 Å². The maximum absolute atomic E-state index is 11.7. The van der Waals surface area contributed by atoms with E-state index >= 15 is 0 Å². The molecule has 5 nitrogen and oxygen atoms in total. The molecule has 0 fully saturated rings. The maximum atomic E-state index is 11.7. The number of quaternary nitrogens is 1. The van der Waals surface area contributed by atoms with Gasteiger partial charge in [-0.15, -0.1) is 0 Å². The van der Waals surface area contributed by atoms with Crippen LogP contribution in [0.2, 0.25) is 0 Å². The van der Waals surface area contributed by atoms with Crippen molar-refractivity contribution < 1.29 is 19.4 Å². The molecular formula is C12H17NO4. The van der Waals surface area contributed by atoms with E-state index in [1.54, 1.807) is 26.8 Å². The molecule has 0 saturated carbocycles. The molecule has 94 valence electrons. The molecule has 5 heteroatoms. The molecule has 0 aliphatic rings. The van der Waals surface area contributed by atoms with Crippen molar-refractivity contribution in [2.75, 3.05) is 0 Å². The van der Waals surface area contributed by atoms with E-state index in [-0.39, 0.29) is 17.3 Å². The highest BCUT2D eigenvalue weighted by molar-refractivity contribution is 6.01. The lowest BCUT2D eigenvalue weighted by molar-refractivity contribution is -0.255. The molecule has 0 amide bonds. The van der Waals surface area contributed by atoms with Gasteiger partial charge in [0.15, 0.2) is 0 Å². The molecule has 0 unspecified atom stereocenters. The molecule has 1 rings (SSSR count). The Labute approximate surface area is 100.0 Å². The monoisotopic (exact) mass is 239 g/mol. The van der Waals surface area contributed by atoms with E-state index in [0.29, 0.717) is 0 Å². The molecule has 0 aliphatic carbocycles. The van der Waals surface area contributed by atoms with E-state index in [9.17, 15) is 14.7 Å². The van der Waals surface area contributed by atoms with Gasteiger partial charge in [0.25, 0.3) is 0 Å². The minimum atomic E-state index is -1.39. The third-order valence-electron chi connectivity index (χ3n) is 1.77. The van der Waals surface area contributed by atoms with Gasteiger partial charge in [-0.05, 0) is 26.8 Å². The standard InChI is InChI=1S/C12H14O4.H3N/c1-12(2,3)16-11(15)9-7-5-4-6-8(9)10(13)14;/h4-7H,1-3H3,(H,13,14);1H3. The van der Waals surface area contributed by atoms with Crippen molar-refractivity contribution in [3.8, 4) is 0 Å². The van der Waals surface area contributed by atoms with E-state index in [2.05, 4.69) is 0 Å². The number of ether oxygens (including phenoxy) is 1. The highest BCUT2D eigenvalue weighted by atomic mass is 16.6. The van der Waals surface area contributed by atoms with Gasteiger partial charge in [0.05, 0.1) is 11.5 Å². The molecule has 0 aliphatic heterocycles. The van der Waals surface area contributed by atoms with Crippen LogP contribution >= 0.6 is 0 Å². The van der Waals surface area contributed by atoms with E-state index in [0.717, 1.165) is 0 Å². The predicted molar refractivity (Wildman–Crippen MR) is 61.9 cm³/mol. The van der Waals surface area contributed by atoms with Crippen LogP contribution in [0.1, 0.15) is 41.5 Å². The minimum Gasteiger partial charge on any atom is -0.545 e. The first-order valence-electron chi connectivity index (χ1n) is 4.85. The highest BCUT2D eigenvalue weighted by Gasteiger charge is 2.20. The Hall–Kier alpha value is -1.88. The van der Waals surface area contributed by atoms with Crippen molar-refractivity contribution in [1.29, 1.82) is 0 Å². The average molecular weight is 239 g/mol. The van der Waals surface area contributed by atoms with Crippen LogP contribution in [0.4, 0.5) is 0 Å². The number of esters is 1. The van der Waals surface area contributed by atoms with E-state index in [1.165, 1.54) is 18.2 Å². The zero-order valence-electron chi connectivity index (χ0n) is 10.4. The Morgan fingerprint density at radius 2 is 1.59 bits per heavy atom. The van der Waals surface area contributed by atoms with Crippen molar-refractivity contribution >= 4 is 11.9 Å². The predicted octanol–water partition coefficient (Wildman–Crippen LogP) is 1.38. The lowest BCUT2D eigenvalue weighted by atomic mass is 10.1. The van der Waals surface area contributed by atoms with Crippen LogP contribution in [0.15, 0.2) is 24.3 Å². The van der Waals surface area contributed by atoms with Crippen molar-refractivity contribution in [2.45, 2.75) is 26.4 Å². The molecule has 17 heavy (non-hydrogen) atoms. The van der Waals surface area contributed by atoms with Crippen molar-refractivity contribution in [1.82, 2.24) is 6.15 Å². The number of carbonyl (C=O) groups excluding carboxylic acids is 2. The van der Waals surface area contributed by atoms with Gasteiger partial charge in [-0.3, -0.25) is 0 Å². The normalized spacial score (nSPS) is 10.3. The highest BCUT2D eigenvalue weighted by Crippen LogP contribution is 2.15. The summed E-state index contributed by atoms with van der Waals surface area (Å²) in [5.41, 5.74) is -0.801. The first-order chi connectivity index (χ1) is 7.31. The van der Waals surface area contributed by atoms with E-state index < -0.39 is 17.5 Å². The first kappa shape index (κ1) is 15.1. The topological polar surface area (TPSA) is 103 Å². The Morgan fingerprint density at radius 3 is 2.00 bits per heavy atom. The lowest BCUT2D eigenvalue weighted by Gasteiger charge is -2.20. The van der Waals surface area contributed by atoms with E-state index in [1.807, 2.05) is 0 Å². The van der Waals surface area contributed by atoms with Crippen LogP contribution < -0.4 is 11.3 Å². The molecule has 4 N–H and O–H groups in total. The second kappa shape index (κ2) is 5.45. The number of rotatable bonds is 2. The number of hydrogen-bond acceptors (Lipinski definition) is 4. The third kappa shape index (κ3) is 4.24. The molecule has 1 aromatic rings. The number of carbonyl (C=O) groups is 2. The lowest BCUT2D eigenvalue weighted by Crippen LogP contribution is -2.28. The quantitative estimate of drug-likeness (QED) is 0.787. The summed E-state index contributed by atoms with van der Waals surface area (Å²) in [5.74, 6) is -2.05. The fraction of sp³-hybridized carbons (Fsp3) is 0.333. The van der Waals surface area contributed by atoms with Gasteiger partial charge in [0, 0.05) is 5.56 Å². The van der Waals surface area contributed by atoms with Crippen molar-refractivity contribution in [2.24, 2.45) is 0 Å². The molecule has 0 saturated heterocycles. The van der Waals surface area contributed by atoms with Crippen molar-refractivity contribution in [3.05, 3.63) is 35.4 Å². The van der Waals surface area contributed by atoms with Gasteiger partial charge >= 0.3 is 5.97 Å². The minimum absolute atomic E-state index is 0. The Kier molecular flexibility index (Phi) is 4.85. The van der Waals surface area contributed by atoms with Gasteiger partial charge in [0.1, 0.15) is 5.60 Å². The summed E-state index contributed by atoms with van der Waals surface area (Å²) in [4.78, 5) is 22.4. The molecule has 0 radical (unpaired) electrons. The number of benzene rings is 1. The number of hydrogen-bond donors (Lipinski definition) is 1. The fourth-order valence-electron chi connectivity index (χ4n) is 1.17. The summed E-state index contributed by atoms with van der Waals surface area (Å²) in [6.07, 6.45) is 0. The summed E-state index contributed by atoms with van der Waals surface area (Å²) >= 11 is 0. The number of carboxylic acids is 1. The van der Waals surface area contributed by atoms with Crippen LogP contribution in [-0.4, -0.2) is 17.5 Å². The summed E-state index contributed by atoms with van der Waals surface area (Å²) < 4.78 is 5.08. The molecular weight excluding hydrogens is 222 g/mol. The first-order valence-corrected chi connectivity index (χ1v) is 4.85. The van der Waals surface area contributed by atoms with Crippen molar-refractivity contribution in [3.63, 3.8) is 0 Å². The van der Waals surface area contributed by atoms with Gasteiger partial charge in [-0.1, -0.05) is 18.2 Å². The van der Waals surface area contributed by atoms with Gasteiger partial charge in [-0.2, -0.15) is 0 Å². The molecule has 0 bridgehead atoms. The van der Waals surface area contributed by atoms with Crippen LogP contribution in [-0.2, 0) is 4.74 Å². The number of carboxylic acid groups (broad SMARTS) is 1. The van der Waals surface area contributed by atoms with Gasteiger partial charge in [-0.25, -0.2) is 4.79 Å². The smallest absolute Gasteiger partial charge is 0.339 e. The van der Waals surface area contributed by atoms with Crippen LogP contribution in [0.3, 0.4) is 0 Å². The second-order valence-electron chi connectivity index (χ2n) is 4.33. The van der Waals surface area contributed by atoms with E-state index in [4.69, 9.17) is 4.74 Å². The van der Waals surface area contributed by atoms with Crippen LogP contribution in [0.25, 0.3) is 0 Å². The summed E-state index contributed by atoms with van der Waals surface area (Å²) in [5, 5.41) is 10.8. The van der Waals surface area contributed by atoms with Gasteiger partial charge < -0.3 is 20.8 Å². The zero-order chi connectivity index (χ0) is 12.3. The summed E-state index contributed by atoms with van der Waals surface area (Å²) in [6.45, 7) is 5.14. The van der Waals surface area contributed by atoms with Crippen LogP contribution in [0.5, 0.6) is 0 Å². The zero-order valence-corrected chi connectivity index (χ0v) is 10.4. The largest absolute Gasteiger partial charge is 0.545 e. The SMILES string of the molecule is CC(C)(C)OC(=O)c1ccccc1C(=O)[O-].[NH4+]. The summed E-state index contributed by atoms with van der Waals surface area (Å²) in [7, 11) is 0. The van der Waals surface area contributed by atoms with Gasteiger partial charge in [0.2, 0.25) is 0 Å². The molecule has 0 heterocycles. The Balaban J connectivity index is 0.00000256. The third-order valence-corrected chi connectivity index (χ3v) is 1.77. The maximum Gasteiger partial charge on any atom is 0.339 e. The summed E-state index contributed by atoms with van der Waals surface area (Å²) in [6, 6.07) is 5.82. The molecule has 0 spiro atoms. The fourth-order valence-corrected chi connectivity index (χ4v) is 1.17. The molecule has 0 atom stereocenters. The molecule has 0 aromatic heterocycles. The Bertz CT molecular complexity index is 421. The molecule has 1 aromatic carbocycles. The average Bonchev–Trinajstić information content (AvgIpc) is 2.15.